The van der Waals surface area contributed by atoms with Gasteiger partial charge in [0.1, 0.15) is 0 Å². The third-order valence-corrected chi connectivity index (χ3v) is 7.62. The molecule has 2 aromatic rings. The van der Waals surface area contributed by atoms with Crippen LogP contribution in [0.3, 0.4) is 0 Å². The van der Waals surface area contributed by atoms with Gasteiger partial charge in [-0.25, -0.2) is 8.42 Å². The number of anilines is 1. The molecule has 0 aromatic heterocycles. The van der Waals surface area contributed by atoms with Crippen molar-refractivity contribution < 1.29 is 17.9 Å². The van der Waals surface area contributed by atoms with Gasteiger partial charge in [0.25, 0.3) is 0 Å². The minimum Gasteiger partial charge on any atom is -0.379 e. The van der Waals surface area contributed by atoms with Crippen LogP contribution in [-0.4, -0.2) is 51.5 Å². The number of morpholine rings is 1. The molecular weight excluding hydrogens is 388 g/mol. The highest BCUT2D eigenvalue weighted by Crippen LogP contribution is 2.34. The molecule has 4 rings (SSSR count). The number of hydrogen-bond acceptors (Lipinski definition) is 4. The van der Waals surface area contributed by atoms with Gasteiger partial charge < -0.3 is 9.64 Å². The SMILES string of the molecule is CCC(C(=O)N1CCc2cc(S(=O)(=O)N3CCOCC3)ccc21)c1ccccc1. The Labute approximate surface area is 172 Å². The Morgan fingerprint density at radius 2 is 1.79 bits per heavy atom. The van der Waals surface area contributed by atoms with Crippen LogP contribution in [0.1, 0.15) is 30.4 Å². The van der Waals surface area contributed by atoms with Gasteiger partial charge in [0.05, 0.1) is 24.0 Å². The molecule has 29 heavy (non-hydrogen) atoms. The van der Waals surface area contributed by atoms with E-state index in [2.05, 4.69) is 0 Å². The van der Waals surface area contributed by atoms with Crippen LogP contribution in [0, 0.1) is 0 Å². The quantitative estimate of drug-likeness (QED) is 0.755. The Balaban J connectivity index is 1.59. The lowest BCUT2D eigenvalue weighted by Crippen LogP contribution is -2.40. The van der Waals surface area contributed by atoms with Gasteiger partial charge >= 0.3 is 0 Å². The van der Waals surface area contributed by atoms with Crippen LogP contribution in [0.4, 0.5) is 5.69 Å². The highest BCUT2D eigenvalue weighted by atomic mass is 32.2. The molecule has 1 amide bonds. The van der Waals surface area contributed by atoms with Crippen LogP contribution in [0.15, 0.2) is 53.4 Å². The summed E-state index contributed by atoms with van der Waals surface area (Å²) < 4.78 is 32.6. The van der Waals surface area contributed by atoms with Crippen molar-refractivity contribution in [2.45, 2.75) is 30.6 Å². The summed E-state index contributed by atoms with van der Waals surface area (Å²) >= 11 is 0. The number of hydrogen-bond donors (Lipinski definition) is 0. The number of carbonyl (C=O) groups excluding carboxylic acids is 1. The molecule has 0 spiro atoms. The van der Waals surface area contributed by atoms with Crippen molar-refractivity contribution in [2.75, 3.05) is 37.7 Å². The van der Waals surface area contributed by atoms with Gasteiger partial charge in [-0.15, -0.1) is 0 Å². The molecule has 0 N–H and O–H groups in total. The Morgan fingerprint density at radius 3 is 2.48 bits per heavy atom. The maximum atomic E-state index is 13.3. The molecular formula is C22H26N2O4S. The predicted molar refractivity (Wildman–Crippen MR) is 112 cm³/mol. The molecule has 1 fully saturated rings. The number of sulfonamides is 1. The lowest BCUT2D eigenvalue weighted by molar-refractivity contribution is -0.120. The van der Waals surface area contributed by atoms with E-state index in [4.69, 9.17) is 4.74 Å². The summed E-state index contributed by atoms with van der Waals surface area (Å²) in [6, 6.07) is 15.0. The van der Waals surface area contributed by atoms with E-state index >= 15 is 0 Å². The van der Waals surface area contributed by atoms with Crippen molar-refractivity contribution in [3.05, 3.63) is 59.7 Å². The topological polar surface area (TPSA) is 66.9 Å². The Kier molecular flexibility index (Phi) is 5.72. The fourth-order valence-electron chi connectivity index (χ4n) is 4.13. The normalized spacial score (nSPS) is 18.4. The molecule has 2 aliphatic rings. The zero-order valence-electron chi connectivity index (χ0n) is 16.6. The summed E-state index contributed by atoms with van der Waals surface area (Å²) in [5.74, 6) is -0.125. The van der Waals surface area contributed by atoms with Crippen LogP contribution in [-0.2, 0) is 26.0 Å². The van der Waals surface area contributed by atoms with Crippen LogP contribution in [0.25, 0.3) is 0 Å². The van der Waals surface area contributed by atoms with Gasteiger partial charge in [0, 0.05) is 25.3 Å². The lowest BCUT2D eigenvalue weighted by Gasteiger charge is -2.26. The van der Waals surface area contributed by atoms with Crippen molar-refractivity contribution in [3.63, 3.8) is 0 Å². The predicted octanol–water partition coefficient (Wildman–Crippen LogP) is 2.79. The summed E-state index contributed by atoms with van der Waals surface area (Å²) in [6.45, 7) is 4.19. The number of amides is 1. The molecule has 0 aliphatic carbocycles. The van der Waals surface area contributed by atoms with Gasteiger partial charge in [-0.3, -0.25) is 4.79 Å². The number of rotatable bonds is 5. The second kappa shape index (κ2) is 8.26. The van der Waals surface area contributed by atoms with E-state index in [0.29, 0.717) is 44.2 Å². The van der Waals surface area contributed by atoms with E-state index in [-0.39, 0.29) is 11.8 Å². The first kappa shape index (κ1) is 20.1. The highest BCUT2D eigenvalue weighted by molar-refractivity contribution is 7.89. The second-order valence-corrected chi connectivity index (χ2v) is 9.36. The smallest absolute Gasteiger partial charge is 0.243 e. The molecule has 2 aliphatic heterocycles. The van der Waals surface area contributed by atoms with Crippen LogP contribution in [0.2, 0.25) is 0 Å². The van der Waals surface area contributed by atoms with Gasteiger partial charge in [0.15, 0.2) is 0 Å². The molecule has 1 unspecified atom stereocenters. The highest BCUT2D eigenvalue weighted by Gasteiger charge is 2.32. The van der Waals surface area contributed by atoms with Crippen LogP contribution >= 0.6 is 0 Å². The molecule has 6 nitrogen and oxygen atoms in total. The van der Waals surface area contributed by atoms with Crippen molar-refractivity contribution in [3.8, 4) is 0 Å². The summed E-state index contributed by atoms with van der Waals surface area (Å²) in [5, 5.41) is 0. The van der Waals surface area contributed by atoms with E-state index in [9.17, 15) is 13.2 Å². The number of ether oxygens (including phenoxy) is 1. The largest absolute Gasteiger partial charge is 0.379 e. The minimum atomic E-state index is -3.54. The lowest BCUT2D eigenvalue weighted by atomic mass is 9.95. The molecule has 1 saturated heterocycles. The van der Waals surface area contributed by atoms with E-state index < -0.39 is 10.0 Å². The van der Waals surface area contributed by atoms with Crippen molar-refractivity contribution >= 4 is 21.6 Å². The van der Waals surface area contributed by atoms with Crippen LogP contribution < -0.4 is 4.90 Å². The van der Waals surface area contributed by atoms with E-state index in [1.54, 1.807) is 18.2 Å². The number of benzene rings is 2. The summed E-state index contributed by atoms with van der Waals surface area (Å²) in [7, 11) is -3.54. The van der Waals surface area contributed by atoms with Gasteiger partial charge in [0.2, 0.25) is 15.9 Å². The molecule has 0 bridgehead atoms. The fourth-order valence-corrected chi connectivity index (χ4v) is 5.59. The van der Waals surface area contributed by atoms with E-state index in [0.717, 1.165) is 23.2 Å². The van der Waals surface area contributed by atoms with Crippen molar-refractivity contribution in [2.24, 2.45) is 0 Å². The average molecular weight is 415 g/mol. The summed E-state index contributed by atoms with van der Waals surface area (Å²) in [6.07, 6.45) is 1.39. The molecule has 1 atom stereocenters. The number of carbonyl (C=O) groups is 1. The molecule has 2 aromatic carbocycles. The summed E-state index contributed by atoms with van der Waals surface area (Å²) in [4.78, 5) is 15.4. The number of fused-ring (bicyclic) bond motifs is 1. The molecule has 154 valence electrons. The maximum Gasteiger partial charge on any atom is 0.243 e. The summed E-state index contributed by atoms with van der Waals surface area (Å²) in [5.41, 5.74) is 2.75. The average Bonchev–Trinajstić information content (AvgIpc) is 3.19. The Hall–Kier alpha value is -2.22. The Morgan fingerprint density at radius 1 is 1.07 bits per heavy atom. The zero-order valence-corrected chi connectivity index (χ0v) is 17.4. The van der Waals surface area contributed by atoms with Gasteiger partial charge in [-0.05, 0) is 42.2 Å². The third-order valence-electron chi connectivity index (χ3n) is 5.73. The Bertz CT molecular complexity index is 985. The standard InChI is InChI=1S/C22H26N2O4S/c1-2-20(17-6-4-3-5-7-17)22(25)24-11-10-18-16-19(8-9-21(18)24)29(26,27)23-12-14-28-15-13-23/h3-9,16,20H,2,10-15H2,1H3. The molecule has 7 heteroatoms. The third kappa shape index (κ3) is 3.82. The fraction of sp³-hybridized carbons (Fsp3) is 0.409. The minimum absolute atomic E-state index is 0.0706. The zero-order chi connectivity index (χ0) is 20.4. The van der Waals surface area contributed by atoms with E-state index in [1.165, 1.54) is 4.31 Å². The maximum absolute atomic E-state index is 13.3. The first-order valence-corrected chi connectivity index (χ1v) is 11.5. The van der Waals surface area contributed by atoms with Gasteiger partial charge in [-0.2, -0.15) is 4.31 Å². The first-order chi connectivity index (χ1) is 14.0. The van der Waals surface area contributed by atoms with E-state index in [1.807, 2.05) is 42.2 Å². The van der Waals surface area contributed by atoms with Crippen molar-refractivity contribution in [1.29, 1.82) is 0 Å². The van der Waals surface area contributed by atoms with Gasteiger partial charge in [-0.1, -0.05) is 37.3 Å². The number of nitrogens with zero attached hydrogens (tertiary/aromatic N) is 2. The van der Waals surface area contributed by atoms with Crippen molar-refractivity contribution in [1.82, 2.24) is 4.31 Å². The monoisotopic (exact) mass is 414 g/mol. The molecule has 0 saturated carbocycles. The first-order valence-electron chi connectivity index (χ1n) is 10.1. The molecule has 2 heterocycles. The molecule has 0 radical (unpaired) electrons. The second-order valence-electron chi connectivity index (χ2n) is 7.42. The van der Waals surface area contributed by atoms with Crippen LogP contribution in [0.5, 0.6) is 0 Å².